The van der Waals surface area contributed by atoms with Crippen LogP contribution in [0.2, 0.25) is 0 Å². The number of ether oxygens (including phenoxy) is 1. The third-order valence-electron chi connectivity index (χ3n) is 4.98. The SMILES string of the molecule is COC(=O)NC(C)(C)Nc1nccc(-c2cn(C(C)C)nc2-c2cc(C)cc(NS(C)(=O)=O)c2F)n1. The lowest BCUT2D eigenvalue weighted by atomic mass is 10.0. The molecule has 0 atom stereocenters. The Morgan fingerprint density at radius 3 is 2.53 bits per heavy atom. The van der Waals surface area contributed by atoms with E-state index in [2.05, 4.69) is 35.2 Å². The molecule has 3 N–H and O–H groups in total. The number of nitrogens with one attached hydrogen (secondary N) is 3. The van der Waals surface area contributed by atoms with E-state index >= 15 is 4.39 Å². The molecule has 3 rings (SSSR count). The van der Waals surface area contributed by atoms with Crippen molar-refractivity contribution >= 4 is 27.8 Å². The van der Waals surface area contributed by atoms with Gasteiger partial charge in [-0.15, -0.1) is 0 Å². The van der Waals surface area contributed by atoms with Gasteiger partial charge in [0.25, 0.3) is 0 Å². The molecule has 1 amide bonds. The van der Waals surface area contributed by atoms with E-state index in [9.17, 15) is 13.2 Å². The van der Waals surface area contributed by atoms with Crippen molar-refractivity contribution in [2.24, 2.45) is 0 Å². The Morgan fingerprint density at radius 1 is 1.22 bits per heavy atom. The molecule has 0 aliphatic rings. The van der Waals surface area contributed by atoms with Crippen molar-refractivity contribution in [1.82, 2.24) is 25.1 Å². The Hall–Kier alpha value is -3.74. The lowest BCUT2D eigenvalue weighted by molar-refractivity contribution is 0.162. The van der Waals surface area contributed by atoms with E-state index in [-0.39, 0.29) is 28.9 Å². The van der Waals surface area contributed by atoms with Gasteiger partial charge in [-0.05, 0) is 58.4 Å². The van der Waals surface area contributed by atoms with Gasteiger partial charge in [-0.25, -0.2) is 27.6 Å². The highest BCUT2D eigenvalue weighted by Gasteiger charge is 2.24. The minimum absolute atomic E-state index is 0.0402. The maximum atomic E-state index is 15.6. The topological polar surface area (TPSA) is 140 Å². The van der Waals surface area contributed by atoms with E-state index in [1.807, 2.05) is 13.8 Å². The molecule has 0 aliphatic heterocycles. The minimum atomic E-state index is -3.70. The van der Waals surface area contributed by atoms with E-state index in [4.69, 9.17) is 0 Å². The number of hydrogen-bond donors (Lipinski definition) is 3. The van der Waals surface area contributed by atoms with Crippen molar-refractivity contribution in [2.75, 3.05) is 23.4 Å². The fraction of sp³-hybridized carbons (Fsp3) is 0.391. The highest BCUT2D eigenvalue weighted by molar-refractivity contribution is 7.92. The van der Waals surface area contributed by atoms with Crippen LogP contribution >= 0.6 is 0 Å². The van der Waals surface area contributed by atoms with Gasteiger partial charge in [0, 0.05) is 29.6 Å². The summed E-state index contributed by atoms with van der Waals surface area (Å²) in [6.07, 6.45) is 3.60. The van der Waals surface area contributed by atoms with Crippen LogP contribution in [0.3, 0.4) is 0 Å². The van der Waals surface area contributed by atoms with Crippen LogP contribution in [0.1, 0.15) is 39.3 Å². The molecule has 2 aromatic heterocycles. The van der Waals surface area contributed by atoms with Gasteiger partial charge in [-0.1, -0.05) is 0 Å². The number of hydrogen-bond acceptors (Lipinski definition) is 8. The molecule has 0 aliphatic carbocycles. The smallest absolute Gasteiger partial charge is 0.408 e. The Morgan fingerprint density at radius 2 is 1.92 bits per heavy atom. The average molecular weight is 520 g/mol. The molecule has 0 saturated heterocycles. The molecule has 0 fully saturated rings. The van der Waals surface area contributed by atoms with Crippen molar-refractivity contribution in [3.05, 3.63) is 42.0 Å². The summed E-state index contributed by atoms with van der Waals surface area (Å²) in [6.45, 7) is 9.01. The van der Waals surface area contributed by atoms with Crippen LogP contribution in [0.15, 0.2) is 30.6 Å². The van der Waals surface area contributed by atoms with Gasteiger partial charge >= 0.3 is 6.09 Å². The summed E-state index contributed by atoms with van der Waals surface area (Å²) in [5, 5.41) is 10.3. The molecule has 1 aromatic carbocycles. The van der Waals surface area contributed by atoms with Gasteiger partial charge in [-0.3, -0.25) is 14.7 Å². The summed E-state index contributed by atoms with van der Waals surface area (Å²) < 4.78 is 47.7. The van der Waals surface area contributed by atoms with Crippen molar-refractivity contribution in [3.8, 4) is 22.5 Å². The predicted molar refractivity (Wildman–Crippen MR) is 135 cm³/mol. The van der Waals surface area contributed by atoms with Gasteiger partial charge in [-0.2, -0.15) is 5.10 Å². The standard InChI is InChI=1S/C23H30FN7O4S/c1-13(2)31-12-16(17-8-9-25-21(26-17)27-23(4,5)28-22(32)35-6)20(29-31)15-10-14(3)11-18(19(15)24)30-36(7,33)34/h8-13,30H,1-7H3,(H,28,32)(H,25,26,27). The second kappa shape index (κ2) is 10.1. The Bertz CT molecular complexity index is 1390. The van der Waals surface area contributed by atoms with E-state index in [0.717, 1.165) is 6.26 Å². The molecule has 0 unspecified atom stereocenters. The summed E-state index contributed by atoms with van der Waals surface area (Å²) >= 11 is 0. The minimum Gasteiger partial charge on any atom is -0.453 e. The number of sulfonamides is 1. The number of carbonyl (C=O) groups excluding carboxylic acids is 1. The van der Waals surface area contributed by atoms with Gasteiger partial charge in [0.2, 0.25) is 16.0 Å². The van der Waals surface area contributed by atoms with Crippen LogP contribution in [0, 0.1) is 12.7 Å². The molecule has 2 heterocycles. The second-order valence-corrected chi connectivity index (χ2v) is 10.9. The largest absolute Gasteiger partial charge is 0.453 e. The maximum Gasteiger partial charge on any atom is 0.408 e. The molecule has 0 spiro atoms. The van der Waals surface area contributed by atoms with Crippen molar-refractivity contribution in [3.63, 3.8) is 0 Å². The zero-order valence-electron chi connectivity index (χ0n) is 21.2. The van der Waals surface area contributed by atoms with Crippen LogP contribution in [-0.4, -0.2) is 53.3 Å². The monoisotopic (exact) mass is 519 g/mol. The quantitative estimate of drug-likeness (QED) is 0.381. The highest BCUT2D eigenvalue weighted by Crippen LogP contribution is 2.36. The van der Waals surface area contributed by atoms with Crippen LogP contribution < -0.4 is 15.4 Å². The molecular weight excluding hydrogens is 489 g/mol. The Kier molecular flexibility index (Phi) is 7.53. The fourth-order valence-electron chi connectivity index (χ4n) is 3.44. The van der Waals surface area contributed by atoms with Crippen LogP contribution in [0.25, 0.3) is 22.5 Å². The molecule has 11 nitrogen and oxygen atoms in total. The van der Waals surface area contributed by atoms with Crippen molar-refractivity contribution in [1.29, 1.82) is 0 Å². The first kappa shape index (κ1) is 26.9. The summed E-state index contributed by atoms with van der Waals surface area (Å²) in [5.74, 6) is -0.543. The Balaban J connectivity index is 2.12. The summed E-state index contributed by atoms with van der Waals surface area (Å²) in [4.78, 5) is 20.4. The number of anilines is 2. The molecule has 0 saturated carbocycles. The van der Waals surface area contributed by atoms with E-state index in [1.165, 1.54) is 19.4 Å². The number of alkyl carbamates (subject to hydrolysis) is 1. The molecule has 0 radical (unpaired) electrons. The Labute approximate surface area is 209 Å². The molecule has 13 heteroatoms. The van der Waals surface area contributed by atoms with Gasteiger partial charge < -0.3 is 10.1 Å². The number of carbonyl (C=O) groups is 1. The number of methoxy groups -OCH3 is 1. The van der Waals surface area contributed by atoms with Crippen molar-refractivity contribution in [2.45, 2.75) is 46.3 Å². The molecule has 0 bridgehead atoms. The fourth-order valence-corrected chi connectivity index (χ4v) is 3.99. The van der Waals surface area contributed by atoms with Gasteiger partial charge in [0.05, 0.1) is 24.7 Å². The van der Waals surface area contributed by atoms with Crippen molar-refractivity contribution < 1.29 is 22.3 Å². The van der Waals surface area contributed by atoms with Crippen LogP contribution in [0.4, 0.5) is 20.8 Å². The normalized spacial score (nSPS) is 11.9. The predicted octanol–water partition coefficient (Wildman–Crippen LogP) is 3.91. The number of benzene rings is 1. The van der Waals surface area contributed by atoms with Crippen LogP contribution in [-0.2, 0) is 14.8 Å². The zero-order valence-corrected chi connectivity index (χ0v) is 22.0. The molecule has 36 heavy (non-hydrogen) atoms. The average Bonchev–Trinajstić information content (AvgIpc) is 3.20. The lowest BCUT2D eigenvalue weighted by Gasteiger charge is -2.26. The molecular formula is C23H30FN7O4S. The maximum absolute atomic E-state index is 15.6. The number of halogens is 1. The summed E-state index contributed by atoms with van der Waals surface area (Å²) in [7, 11) is -2.44. The van der Waals surface area contributed by atoms with Gasteiger partial charge in [0.1, 0.15) is 11.4 Å². The number of aromatic nitrogens is 4. The van der Waals surface area contributed by atoms with Gasteiger partial charge in [0.15, 0.2) is 5.82 Å². The lowest BCUT2D eigenvalue weighted by Crippen LogP contribution is -2.49. The first-order valence-electron chi connectivity index (χ1n) is 11.0. The molecule has 3 aromatic rings. The second-order valence-electron chi connectivity index (χ2n) is 9.15. The first-order valence-corrected chi connectivity index (χ1v) is 12.9. The molecule has 194 valence electrons. The van der Waals surface area contributed by atoms with E-state index in [0.29, 0.717) is 16.8 Å². The summed E-state index contributed by atoms with van der Waals surface area (Å²) in [6, 6.07) is 4.63. The number of amides is 1. The van der Waals surface area contributed by atoms with E-state index < -0.39 is 27.6 Å². The first-order chi connectivity index (χ1) is 16.7. The zero-order chi connectivity index (χ0) is 26.8. The van der Waals surface area contributed by atoms with Crippen LogP contribution in [0.5, 0.6) is 0 Å². The number of rotatable bonds is 8. The number of aryl methyl sites for hydroxylation is 1. The third kappa shape index (κ3) is 6.47. The third-order valence-corrected chi connectivity index (χ3v) is 5.57. The number of nitrogens with zero attached hydrogens (tertiary/aromatic N) is 4. The summed E-state index contributed by atoms with van der Waals surface area (Å²) in [5.41, 5.74) is 0.909. The van der Waals surface area contributed by atoms with E-state index in [1.54, 1.807) is 43.8 Å². The highest BCUT2D eigenvalue weighted by atomic mass is 32.2.